The average Bonchev–Trinajstić information content (AvgIpc) is 2.41. The summed E-state index contributed by atoms with van der Waals surface area (Å²) in [5.41, 5.74) is 7.53. The Morgan fingerprint density at radius 3 is 2.63 bits per heavy atom. The van der Waals surface area contributed by atoms with Gasteiger partial charge in [-0.3, -0.25) is 0 Å². The fraction of sp³-hybridized carbons (Fsp3) is 0.154. The first-order valence-electron chi connectivity index (χ1n) is 5.65. The van der Waals surface area contributed by atoms with E-state index in [1.807, 2.05) is 36.2 Å². The molecule has 0 aliphatic carbocycles. The van der Waals surface area contributed by atoms with Gasteiger partial charge in [0, 0.05) is 18.6 Å². The van der Waals surface area contributed by atoms with Crippen LogP contribution in [0.1, 0.15) is 11.1 Å². The molecule has 2 N–H and O–H groups in total. The first-order valence-corrected chi connectivity index (χ1v) is 6.43. The van der Waals surface area contributed by atoms with Gasteiger partial charge in [-0.1, -0.05) is 36.0 Å². The van der Waals surface area contributed by atoms with Crippen LogP contribution in [0.25, 0.3) is 0 Å². The van der Waals surface area contributed by atoms with Gasteiger partial charge in [-0.15, -0.1) is 5.10 Å². The van der Waals surface area contributed by atoms with Crippen molar-refractivity contribution in [3.05, 3.63) is 52.7 Å². The molecule has 4 nitrogen and oxygen atoms in total. The molecule has 1 aromatic carbocycles. The van der Waals surface area contributed by atoms with E-state index in [2.05, 4.69) is 10.2 Å². The highest BCUT2D eigenvalue weighted by Gasteiger charge is 2.11. The summed E-state index contributed by atoms with van der Waals surface area (Å²) in [6.45, 7) is 0.672. The topological polar surface area (TPSA) is 55.0 Å². The van der Waals surface area contributed by atoms with Crippen molar-refractivity contribution in [2.75, 3.05) is 11.9 Å². The number of aromatic nitrogens is 2. The summed E-state index contributed by atoms with van der Waals surface area (Å²) < 4.78 is 0. The number of nitrogens with zero attached hydrogens (tertiary/aromatic N) is 3. The highest BCUT2D eigenvalue weighted by molar-refractivity contribution is 7.80. The van der Waals surface area contributed by atoms with E-state index in [1.165, 1.54) is 0 Å². The minimum absolute atomic E-state index is 0.313. The summed E-state index contributed by atoms with van der Waals surface area (Å²) >= 11 is 10.9. The lowest BCUT2D eigenvalue weighted by atomic mass is 10.2. The summed E-state index contributed by atoms with van der Waals surface area (Å²) in [4.78, 5) is 2.26. The molecule has 0 atom stereocenters. The molecule has 0 aliphatic heterocycles. The predicted molar refractivity (Wildman–Crippen MR) is 81.5 cm³/mol. The first-order chi connectivity index (χ1) is 9.08. The minimum atomic E-state index is 0.313. The van der Waals surface area contributed by atoms with Crippen molar-refractivity contribution < 1.29 is 0 Å². The van der Waals surface area contributed by atoms with Crippen LogP contribution in [0, 0.1) is 0 Å². The highest BCUT2D eigenvalue weighted by Crippen LogP contribution is 2.18. The summed E-state index contributed by atoms with van der Waals surface area (Å²) in [6, 6.07) is 9.42. The van der Waals surface area contributed by atoms with Crippen LogP contribution in [0.15, 0.2) is 36.5 Å². The molecule has 0 bridgehead atoms. The summed E-state index contributed by atoms with van der Waals surface area (Å²) in [7, 11) is 1.92. The van der Waals surface area contributed by atoms with Crippen LogP contribution in [0.4, 0.5) is 5.82 Å². The van der Waals surface area contributed by atoms with Gasteiger partial charge < -0.3 is 10.6 Å². The Kier molecular flexibility index (Phi) is 4.29. The largest absolute Gasteiger partial charge is 0.389 e. The van der Waals surface area contributed by atoms with Crippen molar-refractivity contribution in [1.29, 1.82) is 0 Å². The molecule has 19 heavy (non-hydrogen) atoms. The zero-order chi connectivity index (χ0) is 13.8. The normalized spacial score (nSPS) is 10.2. The van der Waals surface area contributed by atoms with Crippen molar-refractivity contribution >= 4 is 34.6 Å². The lowest BCUT2D eigenvalue weighted by Gasteiger charge is -2.20. The Morgan fingerprint density at radius 1 is 1.32 bits per heavy atom. The molecular formula is C13H13ClN4S. The molecule has 0 amide bonds. The van der Waals surface area contributed by atoms with Crippen molar-refractivity contribution in [3.63, 3.8) is 0 Å². The molecule has 0 radical (unpaired) electrons. The lowest BCUT2D eigenvalue weighted by Crippen LogP contribution is -2.23. The van der Waals surface area contributed by atoms with E-state index in [0.717, 1.165) is 16.1 Å². The number of anilines is 1. The number of hydrogen-bond acceptors (Lipinski definition) is 4. The van der Waals surface area contributed by atoms with Gasteiger partial charge in [-0.05, 0) is 23.8 Å². The molecule has 2 aromatic rings. The Balaban J connectivity index is 2.22. The van der Waals surface area contributed by atoms with Crippen molar-refractivity contribution in [3.8, 4) is 0 Å². The standard InChI is InChI=1S/C13H13ClN4S/c1-18(8-9-2-4-10(14)5-3-9)13-11(12(15)19)6-7-16-17-13/h2-7H,8H2,1H3,(H2,15,19). The van der Waals surface area contributed by atoms with Crippen LogP contribution in [0.2, 0.25) is 5.02 Å². The Morgan fingerprint density at radius 2 is 2.00 bits per heavy atom. The summed E-state index contributed by atoms with van der Waals surface area (Å²) in [5, 5.41) is 8.69. The third-order valence-corrected chi connectivity index (χ3v) is 3.13. The number of thiocarbonyl (C=S) groups is 1. The third-order valence-electron chi connectivity index (χ3n) is 2.66. The van der Waals surface area contributed by atoms with E-state index in [9.17, 15) is 0 Å². The van der Waals surface area contributed by atoms with Gasteiger partial charge in [-0.25, -0.2) is 0 Å². The molecule has 0 saturated carbocycles. The van der Waals surface area contributed by atoms with E-state index < -0.39 is 0 Å². The third kappa shape index (κ3) is 3.39. The van der Waals surface area contributed by atoms with E-state index in [-0.39, 0.29) is 0 Å². The summed E-state index contributed by atoms with van der Waals surface area (Å²) in [6.07, 6.45) is 1.58. The SMILES string of the molecule is CN(Cc1ccc(Cl)cc1)c1nnccc1C(N)=S. The minimum Gasteiger partial charge on any atom is -0.389 e. The Labute approximate surface area is 122 Å². The van der Waals surface area contributed by atoms with Gasteiger partial charge in [0.25, 0.3) is 0 Å². The monoisotopic (exact) mass is 292 g/mol. The lowest BCUT2D eigenvalue weighted by molar-refractivity contribution is 0.864. The molecule has 0 aliphatic rings. The van der Waals surface area contributed by atoms with Crippen molar-refractivity contribution in [1.82, 2.24) is 10.2 Å². The molecule has 1 aromatic heterocycles. The number of benzene rings is 1. The molecule has 0 saturated heterocycles. The quantitative estimate of drug-likeness (QED) is 0.877. The second-order valence-electron chi connectivity index (χ2n) is 4.12. The summed E-state index contributed by atoms with van der Waals surface area (Å²) in [5.74, 6) is 0.671. The van der Waals surface area contributed by atoms with Gasteiger partial charge in [0.15, 0.2) is 5.82 Å². The molecule has 0 spiro atoms. The highest BCUT2D eigenvalue weighted by atomic mass is 35.5. The van der Waals surface area contributed by atoms with E-state index in [0.29, 0.717) is 17.4 Å². The van der Waals surface area contributed by atoms with Crippen molar-refractivity contribution in [2.45, 2.75) is 6.54 Å². The molecule has 0 fully saturated rings. The number of rotatable bonds is 4. The molecular weight excluding hydrogens is 280 g/mol. The van der Waals surface area contributed by atoms with Gasteiger partial charge in [0.2, 0.25) is 0 Å². The van der Waals surface area contributed by atoms with E-state index >= 15 is 0 Å². The van der Waals surface area contributed by atoms with Crippen LogP contribution < -0.4 is 10.6 Å². The maximum Gasteiger partial charge on any atom is 0.161 e. The van der Waals surface area contributed by atoms with Crippen LogP contribution >= 0.6 is 23.8 Å². The molecule has 1 heterocycles. The van der Waals surface area contributed by atoms with Gasteiger partial charge in [0.05, 0.1) is 11.8 Å². The second-order valence-corrected chi connectivity index (χ2v) is 4.99. The number of hydrogen-bond donors (Lipinski definition) is 1. The fourth-order valence-electron chi connectivity index (χ4n) is 1.74. The molecule has 0 unspecified atom stereocenters. The molecule has 6 heteroatoms. The second kappa shape index (κ2) is 5.95. The van der Waals surface area contributed by atoms with Gasteiger partial charge in [-0.2, -0.15) is 5.10 Å². The van der Waals surface area contributed by atoms with Crippen molar-refractivity contribution in [2.24, 2.45) is 5.73 Å². The molecule has 2 rings (SSSR count). The number of nitrogens with two attached hydrogens (primary N) is 1. The van der Waals surface area contributed by atoms with E-state index in [4.69, 9.17) is 29.6 Å². The zero-order valence-corrected chi connectivity index (χ0v) is 11.9. The van der Waals surface area contributed by atoms with Crippen LogP contribution in [-0.4, -0.2) is 22.2 Å². The van der Waals surface area contributed by atoms with Crippen LogP contribution in [-0.2, 0) is 6.54 Å². The molecule has 98 valence electrons. The average molecular weight is 293 g/mol. The predicted octanol–water partition coefficient (Wildman–Crippen LogP) is 2.40. The Hall–Kier alpha value is -1.72. The first kappa shape index (κ1) is 13.7. The maximum atomic E-state index is 5.86. The smallest absolute Gasteiger partial charge is 0.161 e. The number of halogens is 1. The van der Waals surface area contributed by atoms with Gasteiger partial charge >= 0.3 is 0 Å². The van der Waals surface area contributed by atoms with Gasteiger partial charge in [0.1, 0.15) is 4.99 Å². The van der Waals surface area contributed by atoms with Crippen LogP contribution in [0.3, 0.4) is 0 Å². The zero-order valence-electron chi connectivity index (χ0n) is 10.4. The fourth-order valence-corrected chi connectivity index (χ4v) is 2.02. The van der Waals surface area contributed by atoms with Crippen LogP contribution in [0.5, 0.6) is 0 Å². The van der Waals surface area contributed by atoms with E-state index in [1.54, 1.807) is 12.3 Å². The Bertz CT molecular complexity index is 585. The maximum absolute atomic E-state index is 5.86.